The number of aromatic nitrogens is 2. The first-order valence-corrected chi connectivity index (χ1v) is 6.03. The van der Waals surface area contributed by atoms with Gasteiger partial charge in [0.2, 0.25) is 0 Å². The lowest BCUT2D eigenvalue weighted by molar-refractivity contribution is 0.0496. The van der Waals surface area contributed by atoms with Crippen molar-refractivity contribution in [2.24, 2.45) is 11.7 Å². The van der Waals surface area contributed by atoms with Crippen LogP contribution >= 0.6 is 0 Å². The van der Waals surface area contributed by atoms with Crippen LogP contribution in [-0.4, -0.2) is 36.3 Å². The zero-order chi connectivity index (χ0) is 12.3. The second-order valence-electron chi connectivity index (χ2n) is 4.56. The smallest absolute Gasteiger partial charge is 0.147 e. The molecular weight excluding hydrogens is 216 g/mol. The predicted octanol–water partition coefficient (Wildman–Crippen LogP) is 0.796. The van der Waals surface area contributed by atoms with Gasteiger partial charge < -0.3 is 15.4 Å². The molecule has 0 aromatic carbocycles. The lowest BCUT2D eigenvalue weighted by Gasteiger charge is -2.36. The summed E-state index contributed by atoms with van der Waals surface area (Å²) in [5, 5.41) is 0. The number of methoxy groups -OCH3 is 1. The monoisotopic (exact) mass is 236 g/mol. The second-order valence-corrected chi connectivity index (χ2v) is 4.56. The van der Waals surface area contributed by atoms with Crippen molar-refractivity contribution < 1.29 is 4.74 Å². The molecule has 1 aliphatic heterocycles. The van der Waals surface area contributed by atoms with Gasteiger partial charge in [0.25, 0.3) is 0 Å². The second kappa shape index (κ2) is 5.42. The zero-order valence-electron chi connectivity index (χ0n) is 10.5. The van der Waals surface area contributed by atoms with Gasteiger partial charge in [-0.2, -0.15) is 0 Å². The van der Waals surface area contributed by atoms with Crippen molar-refractivity contribution in [2.75, 3.05) is 25.1 Å². The SMILES string of the molecule is COC1CN(c2cncc(CN)n2)CCC1C. The number of nitrogens with two attached hydrogens (primary N) is 1. The lowest BCUT2D eigenvalue weighted by Crippen LogP contribution is -2.44. The third kappa shape index (κ3) is 2.73. The third-order valence-electron chi connectivity index (χ3n) is 3.40. The molecule has 2 unspecified atom stereocenters. The van der Waals surface area contributed by atoms with Crippen LogP contribution in [0.1, 0.15) is 19.0 Å². The first-order valence-electron chi connectivity index (χ1n) is 6.03. The highest BCUT2D eigenvalue weighted by atomic mass is 16.5. The van der Waals surface area contributed by atoms with Gasteiger partial charge in [-0.05, 0) is 12.3 Å². The molecule has 0 aliphatic carbocycles. The molecule has 2 N–H and O–H groups in total. The molecule has 1 aliphatic rings. The van der Waals surface area contributed by atoms with E-state index in [1.807, 2.05) is 0 Å². The Morgan fingerprint density at radius 2 is 2.35 bits per heavy atom. The number of hydrogen-bond acceptors (Lipinski definition) is 5. The van der Waals surface area contributed by atoms with Crippen molar-refractivity contribution in [3.05, 3.63) is 18.1 Å². The highest BCUT2D eigenvalue weighted by Crippen LogP contribution is 2.23. The Hall–Kier alpha value is -1.20. The molecule has 0 bridgehead atoms. The maximum Gasteiger partial charge on any atom is 0.147 e. The summed E-state index contributed by atoms with van der Waals surface area (Å²) in [7, 11) is 1.77. The molecule has 1 saturated heterocycles. The molecule has 5 nitrogen and oxygen atoms in total. The number of ether oxygens (including phenoxy) is 1. The first-order chi connectivity index (χ1) is 8.24. The van der Waals surface area contributed by atoms with Gasteiger partial charge in [-0.15, -0.1) is 0 Å². The first kappa shape index (κ1) is 12.3. The summed E-state index contributed by atoms with van der Waals surface area (Å²) in [5.41, 5.74) is 6.41. The summed E-state index contributed by atoms with van der Waals surface area (Å²) in [6, 6.07) is 0. The quantitative estimate of drug-likeness (QED) is 0.841. The van der Waals surface area contributed by atoms with Crippen LogP contribution in [0.3, 0.4) is 0 Å². The van der Waals surface area contributed by atoms with E-state index in [1.54, 1.807) is 19.5 Å². The number of anilines is 1. The highest BCUT2D eigenvalue weighted by Gasteiger charge is 2.26. The Balaban J connectivity index is 2.11. The van der Waals surface area contributed by atoms with Crippen molar-refractivity contribution in [2.45, 2.75) is 26.0 Å². The number of hydrogen-bond donors (Lipinski definition) is 1. The van der Waals surface area contributed by atoms with Crippen LogP contribution in [0.15, 0.2) is 12.4 Å². The zero-order valence-corrected chi connectivity index (χ0v) is 10.5. The standard InChI is InChI=1S/C12H20N4O/c1-9-3-4-16(8-11(9)17-2)12-7-14-6-10(5-13)15-12/h6-7,9,11H,3-5,8,13H2,1-2H3. The predicted molar refractivity (Wildman–Crippen MR) is 66.7 cm³/mol. The van der Waals surface area contributed by atoms with Gasteiger partial charge in [-0.3, -0.25) is 4.98 Å². The molecule has 0 saturated carbocycles. The van der Waals surface area contributed by atoms with Crippen molar-refractivity contribution >= 4 is 5.82 Å². The molecule has 2 rings (SSSR count). The summed E-state index contributed by atoms with van der Waals surface area (Å²) in [5.74, 6) is 1.50. The third-order valence-corrected chi connectivity index (χ3v) is 3.40. The molecule has 2 heterocycles. The molecule has 2 atom stereocenters. The van der Waals surface area contributed by atoms with Gasteiger partial charge in [-0.1, -0.05) is 6.92 Å². The van der Waals surface area contributed by atoms with Crippen molar-refractivity contribution in [1.29, 1.82) is 0 Å². The Kier molecular flexibility index (Phi) is 3.91. The fourth-order valence-corrected chi connectivity index (χ4v) is 2.19. The molecule has 1 fully saturated rings. The van der Waals surface area contributed by atoms with E-state index in [0.717, 1.165) is 31.0 Å². The van der Waals surface area contributed by atoms with Gasteiger partial charge in [0.15, 0.2) is 0 Å². The average molecular weight is 236 g/mol. The van der Waals surface area contributed by atoms with E-state index in [4.69, 9.17) is 10.5 Å². The van der Waals surface area contributed by atoms with Crippen molar-refractivity contribution in [3.8, 4) is 0 Å². The van der Waals surface area contributed by atoms with Crippen LogP contribution < -0.4 is 10.6 Å². The van der Waals surface area contributed by atoms with E-state index in [9.17, 15) is 0 Å². The maximum absolute atomic E-state index is 5.58. The molecule has 1 aromatic heterocycles. The number of piperidine rings is 1. The van der Waals surface area contributed by atoms with E-state index in [2.05, 4.69) is 21.8 Å². The lowest BCUT2D eigenvalue weighted by atomic mass is 9.96. The summed E-state index contributed by atoms with van der Waals surface area (Å²) in [4.78, 5) is 10.9. The molecule has 0 spiro atoms. The van der Waals surface area contributed by atoms with Gasteiger partial charge in [-0.25, -0.2) is 4.98 Å². The number of nitrogens with zero attached hydrogens (tertiary/aromatic N) is 3. The number of rotatable bonds is 3. The normalized spacial score (nSPS) is 25.0. The highest BCUT2D eigenvalue weighted by molar-refractivity contribution is 5.37. The van der Waals surface area contributed by atoms with Crippen molar-refractivity contribution in [3.63, 3.8) is 0 Å². The average Bonchev–Trinajstić information content (AvgIpc) is 2.39. The molecule has 94 valence electrons. The summed E-state index contributed by atoms with van der Waals surface area (Å²) in [6.45, 7) is 4.54. The van der Waals surface area contributed by atoms with E-state index < -0.39 is 0 Å². The minimum atomic E-state index is 0.270. The van der Waals surface area contributed by atoms with Gasteiger partial charge >= 0.3 is 0 Å². The molecule has 0 amide bonds. The fourth-order valence-electron chi connectivity index (χ4n) is 2.19. The van der Waals surface area contributed by atoms with Crippen LogP contribution in [0.4, 0.5) is 5.82 Å². The van der Waals surface area contributed by atoms with Gasteiger partial charge in [0.1, 0.15) is 5.82 Å². The topological polar surface area (TPSA) is 64.3 Å². The Morgan fingerprint density at radius 1 is 1.53 bits per heavy atom. The molecule has 0 radical (unpaired) electrons. The van der Waals surface area contributed by atoms with Crippen LogP contribution in [0, 0.1) is 5.92 Å². The van der Waals surface area contributed by atoms with Crippen LogP contribution in [0.5, 0.6) is 0 Å². The summed E-state index contributed by atoms with van der Waals surface area (Å²) < 4.78 is 5.50. The minimum Gasteiger partial charge on any atom is -0.379 e. The Bertz CT molecular complexity index is 371. The minimum absolute atomic E-state index is 0.270. The van der Waals surface area contributed by atoms with Crippen LogP contribution in [0.2, 0.25) is 0 Å². The fraction of sp³-hybridized carbons (Fsp3) is 0.667. The molecule has 5 heteroatoms. The van der Waals surface area contributed by atoms with E-state index in [-0.39, 0.29) is 6.10 Å². The molecular formula is C12H20N4O. The van der Waals surface area contributed by atoms with Crippen LogP contribution in [-0.2, 0) is 11.3 Å². The van der Waals surface area contributed by atoms with E-state index in [1.165, 1.54) is 0 Å². The van der Waals surface area contributed by atoms with Gasteiger partial charge in [0, 0.05) is 32.9 Å². The largest absolute Gasteiger partial charge is 0.379 e. The Morgan fingerprint density at radius 3 is 3.06 bits per heavy atom. The van der Waals surface area contributed by atoms with Gasteiger partial charge in [0.05, 0.1) is 18.0 Å². The Labute approximate surface area is 102 Å². The molecule has 1 aromatic rings. The summed E-state index contributed by atoms with van der Waals surface area (Å²) in [6.07, 6.45) is 4.89. The van der Waals surface area contributed by atoms with E-state index in [0.29, 0.717) is 12.5 Å². The maximum atomic E-state index is 5.58. The summed E-state index contributed by atoms with van der Waals surface area (Å²) >= 11 is 0. The van der Waals surface area contributed by atoms with E-state index >= 15 is 0 Å². The van der Waals surface area contributed by atoms with Crippen LogP contribution in [0.25, 0.3) is 0 Å². The van der Waals surface area contributed by atoms with Crippen molar-refractivity contribution in [1.82, 2.24) is 9.97 Å². The molecule has 17 heavy (non-hydrogen) atoms.